The topological polar surface area (TPSA) is 127 Å². The summed E-state index contributed by atoms with van der Waals surface area (Å²) in [6.07, 6.45) is 2.85. The normalized spacial score (nSPS) is 10.3. The number of nitrogens with zero attached hydrogens (tertiary/aromatic N) is 3. The third-order valence-corrected chi connectivity index (χ3v) is 2.59. The van der Waals surface area contributed by atoms with E-state index in [1.54, 1.807) is 24.4 Å². The molecular weight excluding hydrogens is 302 g/mol. The Labute approximate surface area is 130 Å². The zero-order valence-electron chi connectivity index (χ0n) is 11.7. The van der Waals surface area contributed by atoms with Crippen LogP contribution in [0.15, 0.2) is 53.8 Å². The highest BCUT2D eigenvalue weighted by atomic mass is 16.6. The number of amides is 2. The van der Waals surface area contributed by atoms with Crippen LogP contribution in [0.5, 0.6) is 0 Å². The Bertz CT molecular complexity index is 744. The Morgan fingerprint density at radius 1 is 1.13 bits per heavy atom. The van der Waals surface area contributed by atoms with Crippen LogP contribution in [0.25, 0.3) is 0 Å². The molecule has 0 saturated carbocycles. The molecule has 0 bridgehead atoms. The van der Waals surface area contributed by atoms with Gasteiger partial charge in [0.15, 0.2) is 0 Å². The third kappa shape index (κ3) is 4.70. The van der Waals surface area contributed by atoms with Crippen LogP contribution in [-0.4, -0.2) is 27.9 Å². The number of carbonyl (C=O) groups is 2. The van der Waals surface area contributed by atoms with E-state index in [1.807, 2.05) is 0 Å². The Balaban J connectivity index is 1.88. The van der Waals surface area contributed by atoms with Gasteiger partial charge in [0.2, 0.25) is 0 Å². The Kier molecular flexibility index (Phi) is 5.08. The fourth-order valence-corrected chi connectivity index (χ4v) is 1.51. The summed E-state index contributed by atoms with van der Waals surface area (Å²) in [5, 5.41) is 16.4. The second kappa shape index (κ2) is 7.41. The number of nitro groups is 1. The van der Waals surface area contributed by atoms with E-state index < -0.39 is 16.7 Å². The fraction of sp³-hybridized carbons (Fsp3) is 0. The molecule has 1 aromatic carbocycles. The van der Waals surface area contributed by atoms with Crippen LogP contribution in [0, 0.1) is 10.1 Å². The first kappa shape index (κ1) is 15.8. The van der Waals surface area contributed by atoms with E-state index in [2.05, 4.69) is 20.8 Å². The average molecular weight is 313 g/mol. The van der Waals surface area contributed by atoms with Crippen LogP contribution in [0.3, 0.4) is 0 Å². The third-order valence-electron chi connectivity index (χ3n) is 2.59. The van der Waals surface area contributed by atoms with Crippen molar-refractivity contribution in [1.29, 1.82) is 0 Å². The Morgan fingerprint density at radius 3 is 2.48 bits per heavy atom. The zero-order valence-corrected chi connectivity index (χ0v) is 11.7. The summed E-state index contributed by atoms with van der Waals surface area (Å²) in [5.41, 5.74) is 2.70. The summed E-state index contributed by atoms with van der Waals surface area (Å²) in [6.45, 7) is 0. The molecule has 0 saturated heterocycles. The fourth-order valence-electron chi connectivity index (χ4n) is 1.51. The van der Waals surface area contributed by atoms with Crippen LogP contribution in [0.4, 0.5) is 11.4 Å². The lowest BCUT2D eigenvalue weighted by atomic mass is 10.3. The highest BCUT2D eigenvalue weighted by Crippen LogP contribution is 2.15. The molecule has 9 heteroatoms. The number of nitro benzene ring substituents is 1. The van der Waals surface area contributed by atoms with Crippen LogP contribution in [0.2, 0.25) is 0 Å². The molecule has 1 aromatic heterocycles. The van der Waals surface area contributed by atoms with Crippen molar-refractivity contribution in [3.05, 3.63) is 64.5 Å². The van der Waals surface area contributed by atoms with E-state index in [4.69, 9.17) is 0 Å². The van der Waals surface area contributed by atoms with Gasteiger partial charge in [-0.05, 0) is 24.3 Å². The SMILES string of the molecule is O=C(N/N=C\c1ccccn1)C(=O)Nc1ccc([N+](=O)[O-])cc1. The molecule has 2 rings (SSSR count). The van der Waals surface area contributed by atoms with Gasteiger partial charge in [-0.1, -0.05) is 6.07 Å². The number of non-ortho nitro benzene ring substituents is 1. The summed E-state index contributed by atoms with van der Waals surface area (Å²) < 4.78 is 0. The highest BCUT2D eigenvalue weighted by molar-refractivity contribution is 6.39. The molecule has 1 heterocycles. The lowest BCUT2D eigenvalue weighted by molar-refractivity contribution is -0.384. The minimum atomic E-state index is -0.976. The number of anilines is 1. The predicted octanol–water partition coefficient (Wildman–Crippen LogP) is 1.08. The Morgan fingerprint density at radius 2 is 1.87 bits per heavy atom. The maximum absolute atomic E-state index is 11.6. The van der Waals surface area contributed by atoms with Gasteiger partial charge in [0.25, 0.3) is 5.69 Å². The first-order valence-corrected chi connectivity index (χ1v) is 6.36. The quantitative estimate of drug-likeness (QED) is 0.378. The molecule has 9 nitrogen and oxygen atoms in total. The minimum Gasteiger partial charge on any atom is -0.318 e. The maximum Gasteiger partial charge on any atom is 0.329 e. The van der Waals surface area contributed by atoms with Gasteiger partial charge >= 0.3 is 11.8 Å². The van der Waals surface area contributed by atoms with Crippen molar-refractivity contribution in [3.8, 4) is 0 Å². The Hall–Kier alpha value is -3.62. The molecule has 23 heavy (non-hydrogen) atoms. The largest absolute Gasteiger partial charge is 0.329 e. The molecule has 2 amide bonds. The van der Waals surface area contributed by atoms with Gasteiger partial charge in [0, 0.05) is 24.0 Å². The zero-order chi connectivity index (χ0) is 16.7. The first-order valence-electron chi connectivity index (χ1n) is 6.36. The number of aromatic nitrogens is 1. The second-order valence-electron chi connectivity index (χ2n) is 4.21. The van der Waals surface area contributed by atoms with Crippen molar-refractivity contribution in [1.82, 2.24) is 10.4 Å². The molecular formula is C14H11N5O4. The van der Waals surface area contributed by atoms with E-state index in [1.165, 1.54) is 30.5 Å². The molecule has 2 N–H and O–H groups in total. The second-order valence-corrected chi connectivity index (χ2v) is 4.21. The van der Waals surface area contributed by atoms with Gasteiger partial charge in [-0.2, -0.15) is 5.10 Å². The summed E-state index contributed by atoms with van der Waals surface area (Å²) in [5.74, 6) is -1.92. The number of hydrogen-bond acceptors (Lipinski definition) is 6. The molecule has 0 aliphatic carbocycles. The van der Waals surface area contributed by atoms with E-state index >= 15 is 0 Å². The van der Waals surface area contributed by atoms with E-state index in [0.717, 1.165) is 0 Å². The maximum atomic E-state index is 11.6. The molecule has 0 aliphatic rings. The molecule has 0 radical (unpaired) electrons. The van der Waals surface area contributed by atoms with Gasteiger partial charge in [-0.25, -0.2) is 5.43 Å². The summed E-state index contributed by atoms with van der Waals surface area (Å²) in [6, 6.07) is 10.2. The monoisotopic (exact) mass is 313 g/mol. The van der Waals surface area contributed by atoms with Crippen molar-refractivity contribution in [2.75, 3.05) is 5.32 Å². The highest BCUT2D eigenvalue weighted by Gasteiger charge is 2.13. The van der Waals surface area contributed by atoms with Crippen LogP contribution < -0.4 is 10.7 Å². The van der Waals surface area contributed by atoms with Crippen molar-refractivity contribution < 1.29 is 14.5 Å². The summed E-state index contributed by atoms with van der Waals surface area (Å²) >= 11 is 0. The van der Waals surface area contributed by atoms with Crippen LogP contribution >= 0.6 is 0 Å². The van der Waals surface area contributed by atoms with Gasteiger partial charge in [0.1, 0.15) is 0 Å². The lowest BCUT2D eigenvalue weighted by Gasteiger charge is -2.03. The van der Waals surface area contributed by atoms with Gasteiger partial charge in [-0.15, -0.1) is 0 Å². The summed E-state index contributed by atoms with van der Waals surface area (Å²) in [4.78, 5) is 37.1. The molecule has 0 spiro atoms. The van der Waals surface area contributed by atoms with E-state index in [-0.39, 0.29) is 11.4 Å². The number of rotatable bonds is 4. The predicted molar refractivity (Wildman–Crippen MR) is 81.7 cm³/mol. The molecule has 116 valence electrons. The molecule has 0 aliphatic heterocycles. The number of hydrazone groups is 1. The minimum absolute atomic E-state index is 0.118. The molecule has 0 atom stereocenters. The first-order chi connectivity index (χ1) is 11.1. The van der Waals surface area contributed by atoms with Gasteiger partial charge in [0.05, 0.1) is 16.8 Å². The van der Waals surface area contributed by atoms with Crippen molar-refractivity contribution >= 4 is 29.4 Å². The van der Waals surface area contributed by atoms with Gasteiger partial charge in [-0.3, -0.25) is 24.7 Å². The number of pyridine rings is 1. The van der Waals surface area contributed by atoms with Crippen LogP contribution in [-0.2, 0) is 9.59 Å². The molecule has 0 unspecified atom stereocenters. The van der Waals surface area contributed by atoms with Crippen molar-refractivity contribution in [2.45, 2.75) is 0 Å². The standard InChI is InChI=1S/C14H11N5O4/c20-13(17-10-4-6-12(7-5-10)19(22)23)14(21)18-16-9-11-3-1-2-8-15-11/h1-9H,(H,17,20)(H,18,21)/b16-9-. The van der Waals surface area contributed by atoms with E-state index in [0.29, 0.717) is 5.69 Å². The van der Waals surface area contributed by atoms with Crippen LogP contribution in [0.1, 0.15) is 5.69 Å². The number of nitrogens with one attached hydrogen (secondary N) is 2. The number of carbonyl (C=O) groups excluding carboxylic acids is 2. The number of benzene rings is 1. The lowest BCUT2D eigenvalue weighted by Crippen LogP contribution is -2.32. The van der Waals surface area contributed by atoms with Crippen molar-refractivity contribution in [2.24, 2.45) is 5.10 Å². The molecule has 0 fully saturated rings. The van der Waals surface area contributed by atoms with Gasteiger partial charge < -0.3 is 5.32 Å². The summed E-state index contributed by atoms with van der Waals surface area (Å²) in [7, 11) is 0. The number of hydrogen-bond donors (Lipinski definition) is 2. The molecule has 2 aromatic rings. The van der Waals surface area contributed by atoms with Crippen molar-refractivity contribution in [3.63, 3.8) is 0 Å². The smallest absolute Gasteiger partial charge is 0.318 e. The average Bonchev–Trinajstić information content (AvgIpc) is 2.56. The van der Waals surface area contributed by atoms with E-state index in [9.17, 15) is 19.7 Å².